The molecule has 112 valence electrons. The molecular formula is C11H10F4INO3. The summed E-state index contributed by atoms with van der Waals surface area (Å²) < 4.78 is 57.6. The van der Waals surface area contributed by atoms with Gasteiger partial charge in [0.15, 0.2) is 0 Å². The first-order chi connectivity index (χ1) is 9.28. The summed E-state index contributed by atoms with van der Waals surface area (Å²) in [6.45, 7) is 0.726. The second-order valence-corrected chi connectivity index (χ2v) is 4.62. The zero-order valence-electron chi connectivity index (χ0n) is 10.3. The van der Waals surface area contributed by atoms with Crippen molar-refractivity contribution in [1.29, 1.82) is 0 Å². The van der Waals surface area contributed by atoms with E-state index in [9.17, 15) is 22.4 Å². The van der Waals surface area contributed by atoms with Crippen LogP contribution in [0.1, 0.15) is 18.1 Å². The lowest BCUT2D eigenvalue weighted by Crippen LogP contribution is -2.20. The largest absolute Gasteiger partial charge is 0.574 e. The Kier molecular flexibility index (Phi) is 5.96. The van der Waals surface area contributed by atoms with Crippen LogP contribution in [-0.2, 0) is 22.6 Å². The molecule has 0 aliphatic heterocycles. The highest BCUT2D eigenvalue weighted by Gasteiger charge is 2.33. The van der Waals surface area contributed by atoms with Crippen LogP contribution in [-0.4, -0.2) is 23.9 Å². The van der Waals surface area contributed by atoms with Gasteiger partial charge in [-0.1, -0.05) is 0 Å². The van der Waals surface area contributed by atoms with Crippen LogP contribution in [0.25, 0.3) is 0 Å². The van der Waals surface area contributed by atoms with Gasteiger partial charge in [0.05, 0.1) is 16.6 Å². The molecule has 20 heavy (non-hydrogen) atoms. The minimum Gasteiger partial charge on any atom is -0.466 e. The monoisotopic (exact) mass is 407 g/mol. The standard InChI is InChI=1S/C11H10F4INO3/c1-2-19-8(18)3-6-5-17-10(20-11(13,14)15)9(16)7(6)4-12/h5H,2-4H2,1H3. The molecule has 0 saturated carbocycles. The highest BCUT2D eigenvalue weighted by Crippen LogP contribution is 2.30. The molecular weight excluding hydrogens is 397 g/mol. The Morgan fingerprint density at radius 2 is 2.10 bits per heavy atom. The molecule has 0 saturated heterocycles. The van der Waals surface area contributed by atoms with Crippen LogP contribution < -0.4 is 4.74 Å². The number of aromatic nitrogens is 1. The van der Waals surface area contributed by atoms with E-state index < -0.39 is 24.9 Å². The van der Waals surface area contributed by atoms with Crippen molar-refractivity contribution in [2.45, 2.75) is 26.4 Å². The number of halogens is 5. The molecule has 0 aromatic carbocycles. The molecule has 1 heterocycles. The molecule has 4 nitrogen and oxygen atoms in total. The number of nitrogens with zero attached hydrogens (tertiary/aromatic N) is 1. The van der Waals surface area contributed by atoms with E-state index in [0.29, 0.717) is 0 Å². The number of rotatable bonds is 5. The van der Waals surface area contributed by atoms with Crippen LogP contribution >= 0.6 is 22.6 Å². The van der Waals surface area contributed by atoms with Gasteiger partial charge in [-0.25, -0.2) is 9.37 Å². The summed E-state index contributed by atoms with van der Waals surface area (Å²) in [5.74, 6) is -1.34. The SMILES string of the molecule is CCOC(=O)Cc1cnc(OC(F)(F)F)c(I)c1CF. The van der Waals surface area contributed by atoms with Crippen LogP contribution in [0, 0.1) is 3.57 Å². The Morgan fingerprint density at radius 3 is 2.60 bits per heavy atom. The van der Waals surface area contributed by atoms with Crippen molar-refractivity contribution in [2.24, 2.45) is 0 Å². The van der Waals surface area contributed by atoms with Gasteiger partial charge in [0.25, 0.3) is 0 Å². The molecule has 0 N–H and O–H groups in total. The van der Waals surface area contributed by atoms with E-state index in [1.165, 1.54) is 22.6 Å². The van der Waals surface area contributed by atoms with E-state index >= 15 is 0 Å². The lowest BCUT2D eigenvalue weighted by molar-refractivity contribution is -0.276. The Bertz CT molecular complexity index is 493. The fourth-order valence-electron chi connectivity index (χ4n) is 1.39. The minimum atomic E-state index is -4.91. The molecule has 1 aromatic rings. The normalized spacial score (nSPS) is 11.3. The van der Waals surface area contributed by atoms with Crippen molar-refractivity contribution in [3.05, 3.63) is 20.9 Å². The molecule has 1 aromatic heterocycles. The predicted molar refractivity (Wildman–Crippen MR) is 68.8 cm³/mol. The first-order valence-corrected chi connectivity index (χ1v) is 6.50. The van der Waals surface area contributed by atoms with Gasteiger partial charge in [0, 0.05) is 11.8 Å². The maximum Gasteiger partial charge on any atom is 0.574 e. The van der Waals surface area contributed by atoms with Crippen LogP contribution in [0.2, 0.25) is 0 Å². The molecule has 1 rings (SSSR count). The van der Waals surface area contributed by atoms with E-state index in [0.717, 1.165) is 6.20 Å². The maximum absolute atomic E-state index is 13.0. The average Bonchev–Trinajstić information content (AvgIpc) is 2.32. The Hall–Kier alpha value is -1.13. The van der Waals surface area contributed by atoms with E-state index in [2.05, 4.69) is 9.72 Å². The lowest BCUT2D eigenvalue weighted by atomic mass is 10.1. The second kappa shape index (κ2) is 7.04. The van der Waals surface area contributed by atoms with Crippen LogP contribution in [0.4, 0.5) is 17.6 Å². The number of pyridine rings is 1. The highest BCUT2D eigenvalue weighted by molar-refractivity contribution is 14.1. The Morgan fingerprint density at radius 1 is 1.45 bits per heavy atom. The van der Waals surface area contributed by atoms with Gasteiger partial charge < -0.3 is 9.47 Å². The molecule has 9 heteroatoms. The number of alkyl halides is 4. The van der Waals surface area contributed by atoms with Crippen molar-refractivity contribution >= 4 is 28.6 Å². The van der Waals surface area contributed by atoms with Crippen molar-refractivity contribution in [1.82, 2.24) is 4.98 Å². The zero-order chi connectivity index (χ0) is 15.3. The summed E-state index contributed by atoms with van der Waals surface area (Å²) in [5.41, 5.74) is 0.109. The second-order valence-electron chi connectivity index (χ2n) is 3.54. The van der Waals surface area contributed by atoms with Crippen molar-refractivity contribution in [3.63, 3.8) is 0 Å². The van der Waals surface area contributed by atoms with Gasteiger partial charge in [-0.3, -0.25) is 4.79 Å². The van der Waals surface area contributed by atoms with Gasteiger partial charge in [0.2, 0.25) is 5.88 Å². The first-order valence-electron chi connectivity index (χ1n) is 5.42. The van der Waals surface area contributed by atoms with Crippen molar-refractivity contribution in [2.75, 3.05) is 6.61 Å². The van der Waals surface area contributed by atoms with Gasteiger partial charge >= 0.3 is 12.3 Å². The fraction of sp³-hybridized carbons (Fsp3) is 0.455. The summed E-state index contributed by atoms with van der Waals surface area (Å²) in [7, 11) is 0. The molecule has 0 atom stereocenters. The van der Waals surface area contributed by atoms with Crippen LogP contribution in [0.5, 0.6) is 5.88 Å². The van der Waals surface area contributed by atoms with E-state index in [-0.39, 0.29) is 27.7 Å². The molecule has 0 spiro atoms. The number of carbonyl (C=O) groups is 1. The summed E-state index contributed by atoms with van der Waals surface area (Å²) in [6.07, 6.45) is -4.19. The van der Waals surface area contributed by atoms with Crippen molar-refractivity contribution in [3.8, 4) is 5.88 Å². The first kappa shape index (κ1) is 16.9. The van der Waals surface area contributed by atoms with Gasteiger partial charge in [-0.05, 0) is 35.1 Å². The number of carbonyl (C=O) groups excluding carboxylic acids is 1. The fourth-order valence-corrected chi connectivity index (χ4v) is 2.13. The maximum atomic E-state index is 13.0. The third kappa shape index (κ3) is 4.76. The summed E-state index contributed by atoms with van der Waals surface area (Å²) in [5, 5.41) is 0. The lowest BCUT2D eigenvalue weighted by Gasteiger charge is -2.13. The molecule has 0 aliphatic rings. The van der Waals surface area contributed by atoms with Gasteiger partial charge in [0.1, 0.15) is 6.67 Å². The summed E-state index contributed by atoms with van der Waals surface area (Å²) >= 11 is 1.50. The van der Waals surface area contributed by atoms with Gasteiger partial charge in [-0.2, -0.15) is 0 Å². The summed E-state index contributed by atoms with van der Waals surface area (Å²) in [6, 6.07) is 0. The van der Waals surface area contributed by atoms with Crippen LogP contribution in [0.3, 0.4) is 0 Å². The predicted octanol–water partition coefficient (Wildman–Crippen LogP) is 3.16. The third-order valence-corrected chi connectivity index (χ3v) is 3.28. The van der Waals surface area contributed by atoms with E-state index in [1.54, 1.807) is 6.92 Å². The quantitative estimate of drug-likeness (QED) is 0.428. The Balaban J connectivity index is 3.05. The minimum absolute atomic E-state index is 0.0621. The molecule has 0 unspecified atom stereocenters. The smallest absolute Gasteiger partial charge is 0.466 e. The van der Waals surface area contributed by atoms with Crippen molar-refractivity contribution < 1.29 is 31.8 Å². The summed E-state index contributed by atoms with van der Waals surface area (Å²) in [4.78, 5) is 14.8. The highest BCUT2D eigenvalue weighted by atomic mass is 127. The number of esters is 1. The molecule has 0 bridgehead atoms. The third-order valence-electron chi connectivity index (χ3n) is 2.16. The number of hydrogen-bond donors (Lipinski definition) is 0. The molecule has 0 amide bonds. The van der Waals surface area contributed by atoms with E-state index in [4.69, 9.17) is 4.74 Å². The molecule has 0 fully saturated rings. The number of ether oxygens (including phenoxy) is 2. The number of hydrogen-bond acceptors (Lipinski definition) is 4. The van der Waals surface area contributed by atoms with E-state index in [1.807, 2.05) is 0 Å². The van der Waals surface area contributed by atoms with Crippen LogP contribution in [0.15, 0.2) is 6.20 Å². The van der Waals surface area contributed by atoms with Gasteiger partial charge in [-0.15, -0.1) is 13.2 Å². The Labute approximate surface area is 125 Å². The average molecular weight is 407 g/mol. The topological polar surface area (TPSA) is 48.4 Å². The molecule has 0 radical (unpaired) electrons. The zero-order valence-corrected chi connectivity index (χ0v) is 12.4. The molecule has 0 aliphatic carbocycles.